The molecule has 31 heavy (non-hydrogen) atoms. The first-order valence-electron chi connectivity index (χ1n) is 10.5. The van der Waals surface area contributed by atoms with Crippen LogP contribution in [-0.2, 0) is 27.3 Å². The molecule has 1 saturated heterocycles. The van der Waals surface area contributed by atoms with Crippen LogP contribution in [-0.4, -0.2) is 35.7 Å². The van der Waals surface area contributed by atoms with Gasteiger partial charge in [0.1, 0.15) is 17.8 Å². The lowest BCUT2D eigenvalue weighted by Crippen LogP contribution is -2.43. The van der Waals surface area contributed by atoms with Crippen molar-refractivity contribution in [1.82, 2.24) is 4.90 Å². The van der Waals surface area contributed by atoms with Gasteiger partial charge in [0.15, 0.2) is 0 Å². The molecule has 3 rings (SSSR count). The van der Waals surface area contributed by atoms with Crippen molar-refractivity contribution in [1.29, 1.82) is 0 Å². The Bertz CT molecular complexity index is 1030. The highest BCUT2D eigenvalue weighted by atomic mass is 35.5. The number of fused-ring (bicyclic) bond motifs is 1. The number of hydrogen-bond donors (Lipinski definition) is 0. The summed E-state index contributed by atoms with van der Waals surface area (Å²) < 4.78 is 16.2. The van der Waals surface area contributed by atoms with Crippen molar-refractivity contribution in [3.63, 3.8) is 0 Å². The van der Waals surface area contributed by atoms with Crippen molar-refractivity contribution in [3.8, 4) is 0 Å². The third-order valence-corrected chi connectivity index (χ3v) is 5.58. The van der Waals surface area contributed by atoms with Gasteiger partial charge < -0.3 is 18.8 Å². The number of ether oxygens (including phenoxy) is 2. The van der Waals surface area contributed by atoms with E-state index < -0.39 is 11.2 Å². The predicted molar refractivity (Wildman–Crippen MR) is 117 cm³/mol. The van der Waals surface area contributed by atoms with Gasteiger partial charge >= 0.3 is 17.7 Å². The summed E-state index contributed by atoms with van der Waals surface area (Å²) in [6.45, 7) is 8.24. The Kier molecular flexibility index (Phi) is 6.94. The summed E-state index contributed by atoms with van der Waals surface area (Å²) in [4.78, 5) is 38.3. The lowest BCUT2D eigenvalue weighted by atomic mass is 9.97. The van der Waals surface area contributed by atoms with Gasteiger partial charge in [0.2, 0.25) is 0 Å². The van der Waals surface area contributed by atoms with Gasteiger partial charge in [-0.05, 0) is 57.7 Å². The standard InChI is InChI=1S/C23H28ClNO6/c1-5-14-10-19-17(12-18(14)24)16(11-20(26)30-19)13-29-21(27)15-6-8-25(9-7-15)22(28)31-23(2,3)4/h10-12,15H,5-9,13H2,1-4H3. The monoisotopic (exact) mass is 449 g/mol. The summed E-state index contributed by atoms with van der Waals surface area (Å²) in [5.74, 6) is -0.651. The number of piperidine rings is 1. The van der Waals surface area contributed by atoms with E-state index in [0.29, 0.717) is 53.9 Å². The maximum absolute atomic E-state index is 12.6. The Morgan fingerprint density at radius 1 is 1.16 bits per heavy atom. The summed E-state index contributed by atoms with van der Waals surface area (Å²) in [5.41, 5.74) is 0.788. The average Bonchev–Trinajstić information content (AvgIpc) is 2.70. The fourth-order valence-corrected chi connectivity index (χ4v) is 3.87. The SMILES string of the molecule is CCc1cc2oc(=O)cc(COC(=O)C3CCN(C(=O)OC(C)(C)C)CC3)c2cc1Cl. The van der Waals surface area contributed by atoms with E-state index in [2.05, 4.69) is 0 Å². The lowest BCUT2D eigenvalue weighted by molar-refractivity contribution is -0.151. The molecule has 1 aliphatic rings. The summed E-state index contributed by atoms with van der Waals surface area (Å²) in [5, 5.41) is 1.22. The molecule has 0 bridgehead atoms. The molecule has 0 N–H and O–H groups in total. The summed E-state index contributed by atoms with van der Waals surface area (Å²) in [6.07, 6.45) is 1.34. The van der Waals surface area contributed by atoms with E-state index in [-0.39, 0.29) is 24.6 Å². The van der Waals surface area contributed by atoms with Crippen LogP contribution in [0, 0.1) is 5.92 Å². The second-order valence-electron chi connectivity index (χ2n) is 8.73. The minimum Gasteiger partial charge on any atom is -0.461 e. The van der Waals surface area contributed by atoms with Gasteiger partial charge in [0.05, 0.1) is 5.92 Å². The van der Waals surface area contributed by atoms with E-state index >= 15 is 0 Å². The quantitative estimate of drug-likeness (QED) is 0.496. The molecular weight excluding hydrogens is 422 g/mol. The van der Waals surface area contributed by atoms with E-state index in [1.165, 1.54) is 6.07 Å². The Hall–Kier alpha value is -2.54. The van der Waals surface area contributed by atoms with Crippen LogP contribution < -0.4 is 5.63 Å². The molecule has 8 heteroatoms. The van der Waals surface area contributed by atoms with Crippen LogP contribution in [0.2, 0.25) is 5.02 Å². The molecule has 2 aromatic rings. The highest BCUT2D eigenvalue weighted by molar-refractivity contribution is 6.32. The second-order valence-corrected chi connectivity index (χ2v) is 9.14. The van der Waals surface area contributed by atoms with Gasteiger partial charge in [0, 0.05) is 35.1 Å². The van der Waals surface area contributed by atoms with E-state index in [1.54, 1.807) is 17.0 Å². The first-order chi connectivity index (χ1) is 14.6. The van der Waals surface area contributed by atoms with Crippen LogP contribution in [0.4, 0.5) is 4.79 Å². The van der Waals surface area contributed by atoms with Crippen molar-refractivity contribution in [2.45, 2.75) is 59.2 Å². The van der Waals surface area contributed by atoms with E-state index in [0.717, 1.165) is 5.56 Å². The van der Waals surface area contributed by atoms with Gasteiger partial charge in [-0.3, -0.25) is 4.79 Å². The maximum Gasteiger partial charge on any atom is 0.410 e. The number of rotatable bonds is 4. The van der Waals surface area contributed by atoms with Crippen LogP contribution in [0.5, 0.6) is 0 Å². The molecule has 0 unspecified atom stereocenters. The highest BCUT2D eigenvalue weighted by Crippen LogP contribution is 2.27. The summed E-state index contributed by atoms with van der Waals surface area (Å²) >= 11 is 6.31. The predicted octanol–water partition coefficient (Wildman–Crippen LogP) is 4.70. The van der Waals surface area contributed by atoms with Crippen molar-refractivity contribution in [3.05, 3.63) is 44.8 Å². The number of carbonyl (C=O) groups excluding carboxylic acids is 2. The van der Waals surface area contributed by atoms with Gasteiger partial charge in [0.25, 0.3) is 0 Å². The first kappa shape index (κ1) is 23.1. The molecule has 0 atom stereocenters. The molecule has 0 radical (unpaired) electrons. The second kappa shape index (κ2) is 9.30. The molecule has 7 nitrogen and oxygen atoms in total. The number of halogens is 1. The minimum atomic E-state index is -0.557. The van der Waals surface area contributed by atoms with Crippen molar-refractivity contribution >= 4 is 34.6 Å². The Morgan fingerprint density at radius 2 is 1.84 bits per heavy atom. The molecule has 1 aromatic heterocycles. The zero-order valence-electron chi connectivity index (χ0n) is 18.3. The lowest BCUT2D eigenvalue weighted by Gasteiger charge is -2.32. The number of esters is 1. The molecule has 0 spiro atoms. The first-order valence-corrected chi connectivity index (χ1v) is 10.8. The molecule has 0 aliphatic carbocycles. The number of nitrogens with zero attached hydrogens (tertiary/aromatic N) is 1. The third-order valence-electron chi connectivity index (χ3n) is 5.23. The number of likely N-dealkylation sites (tertiary alicyclic amines) is 1. The molecule has 1 fully saturated rings. The number of hydrogen-bond acceptors (Lipinski definition) is 6. The van der Waals surface area contributed by atoms with Crippen LogP contribution in [0.15, 0.2) is 27.4 Å². The Morgan fingerprint density at radius 3 is 2.45 bits per heavy atom. The number of aryl methyl sites for hydroxylation is 1. The third kappa shape index (κ3) is 5.79. The average molecular weight is 450 g/mol. The Labute approximate surface area is 186 Å². The maximum atomic E-state index is 12.6. The highest BCUT2D eigenvalue weighted by Gasteiger charge is 2.30. The van der Waals surface area contributed by atoms with E-state index in [1.807, 2.05) is 27.7 Å². The van der Waals surface area contributed by atoms with Gasteiger partial charge in [-0.2, -0.15) is 0 Å². The van der Waals surface area contributed by atoms with E-state index in [4.69, 9.17) is 25.5 Å². The molecular formula is C23H28ClNO6. The molecule has 1 amide bonds. The van der Waals surface area contributed by atoms with Gasteiger partial charge in [-0.15, -0.1) is 0 Å². The van der Waals surface area contributed by atoms with Crippen molar-refractivity contribution in [2.75, 3.05) is 13.1 Å². The molecule has 0 saturated carbocycles. The topological polar surface area (TPSA) is 86.0 Å². The van der Waals surface area contributed by atoms with E-state index in [9.17, 15) is 14.4 Å². The smallest absolute Gasteiger partial charge is 0.410 e. The van der Waals surface area contributed by atoms with Crippen LogP contribution in [0.3, 0.4) is 0 Å². The fourth-order valence-electron chi connectivity index (χ4n) is 3.57. The van der Waals surface area contributed by atoms with Gasteiger partial charge in [-0.1, -0.05) is 18.5 Å². The Balaban J connectivity index is 1.63. The molecule has 1 aliphatic heterocycles. The van der Waals surface area contributed by atoms with Gasteiger partial charge in [-0.25, -0.2) is 9.59 Å². The molecule has 2 heterocycles. The normalized spacial score (nSPS) is 15.2. The number of carbonyl (C=O) groups is 2. The zero-order valence-corrected chi connectivity index (χ0v) is 19.1. The van der Waals surface area contributed by atoms with Crippen LogP contribution in [0.1, 0.15) is 51.7 Å². The fraction of sp³-hybridized carbons (Fsp3) is 0.522. The number of benzene rings is 1. The largest absolute Gasteiger partial charge is 0.461 e. The summed E-state index contributed by atoms with van der Waals surface area (Å²) in [7, 11) is 0. The molecule has 168 valence electrons. The zero-order chi connectivity index (χ0) is 22.8. The van der Waals surface area contributed by atoms with Crippen molar-refractivity contribution in [2.24, 2.45) is 5.92 Å². The van der Waals surface area contributed by atoms with Crippen molar-refractivity contribution < 1.29 is 23.5 Å². The van der Waals surface area contributed by atoms with Crippen LogP contribution in [0.25, 0.3) is 11.0 Å². The van der Waals surface area contributed by atoms with Crippen LogP contribution >= 0.6 is 11.6 Å². The minimum absolute atomic E-state index is 0.0466. The molecule has 1 aromatic carbocycles. The summed E-state index contributed by atoms with van der Waals surface area (Å²) in [6, 6.07) is 4.81. The number of amides is 1.